The van der Waals surface area contributed by atoms with Gasteiger partial charge in [0.1, 0.15) is 0 Å². The van der Waals surface area contributed by atoms with Gasteiger partial charge < -0.3 is 0 Å². The SMILES string of the molecule is CCC1(n2cc(F)cn2)CC1. The molecule has 2 nitrogen and oxygen atoms in total. The number of rotatable bonds is 2. The van der Waals surface area contributed by atoms with E-state index in [-0.39, 0.29) is 11.4 Å². The summed E-state index contributed by atoms with van der Waals surface area (Å²) < 4.78 is 14.3. The molecule has 0 amide bonds. The number of hydrogen-bond acceptors (Lipinski definition) is 1. The molecule has 1 aliphatic rings. The van der Waals surface area contributed by atoms with E-state index in [0.717, 1.165) is 19.3 Å². The molecule has 1 fully saturated rings. The third-order valence-corrected chi connectivity index (χ3v) is 2.52. The number of hydrogen-bond donors (Lipinski definition) is 0. The molecule has 0 aromatic carbocycles. The molecule has 1 saturated carbocycles. The lowest BCUT2D eigenvalue weighted by atomic mass is 10.2. The lowest BCUT2D eigenvalue weighted by Crippen LogP contribution is -2.15. The summed E-state index contributed by atoms with van der Waals surface area (Å²) in [5, 5.41) is 3.96. The van der Waals surface area contributed by atoms with Crippen LogP contribution in [-0.4, -0.2) is 9.78 Å². The average Bonchev–Trinajstić information content (AvgIpc) is 2.70. The topological polar surface area (TPSA) is 17.8 Å². The summed E-state index contributed by atoms with van der Waals surface area (Å²) in [6.45, 7) is 2.12. The maximum atomic E-state index is 12.5. The highest BCUT2D eigenvalue weighted by molar-refractivity contribution is 5.01. The highest BCUT2D eigenvalue weighted by Crippen LogP contribution is 2.45. The van der Waals surface area contributed by atoms with E-state index < -0.39 is 0 Å². The molecule has 0 atom stereocenters. The third kappa shape index (κ3) is 0.951. The Morgan fingerprint density at radius 3 is 2.82 bits per heavy atom. The van der Waals surface area contributed by atoms with Crippen LogP contribution in [0.25, 0.3) is 0 Å². The van der Waals surface area contributed by atoms with Crippen LogP contribution in [0.3, 0.4) is 0 Å². The first-order valence-corrected chi connectivity index (χ1v) is 3.97. The van der Waals surface area contributed by atoms with Crippen LogP contribution < -0.4 is 0 Å². The Bertz CT molecular complexity index is 263. The highest BCUT2D eigenvalue weighted by Gasteiger charge is 2.43. The summed E-state index contributed by atoms with van der Waals surface area (Å²) >= 11 is 0. The maximum Gasteiger partial charge on any atom is 0.161 e. The van der Waals surface area contributed by atoms with Crippen molar-refractivity contribution < 1.29 is 4.39 Å². The van der Waals surface area contributed by atoms with Gasteiger partial charge in [0.05, 0.1) is 17.9 Å². The molecule has 0 bridgehead atoms. The molecule has 0 unspecified atom stereocenters. The molecular weight excluding hydrogens is 143 g/mol. The van der Waals surface area contributed by atoms with Crippen LogP contribution in [0.5, 0.6) is 0 Å². The van der Waals surface area contributed by atoms with Crippen molar-refractivity contribution in [3.05, 3.63) is 18.2 Å². The summed E-state index contributed by atoms with van der Waals surface area (Å²) in [6, 6.07) is 0. The second-order valence-electron chi connectivity index (χ2n) is 3.18. The predicted octanol–water partition coefficient (Wildman–Crippen LogP) is 1.92. The molecule has 0 N–H and O–H groups in total. The molecule has 2 rings (SSSR count). The standard InChI is InChI=1S/C8H11FN2/c1-2-8(3-4-8)11-6-7(9)5-10-11/h5-6H,2-4H2,1H3. The third-order valence-electron chi connectivity index (χ3n) is 2.52. The van der Waals surface area contributed by atoms with Crippen molar-refractivity contribution in [3.63, 3.8) is 0 Å². The summed E-state index contributed by atoms with van der Waals surface area (Å²) in [4.78, 5) is 0. The molecule has 0 radical (unpaired) electrons. The smallest absolute Gasteiger partial charge is 0.161 e. The summed E-state index contributed by atoms with van der Waals surface area (Å²) in [6.07, 6.45) is 6.09. The number of halogens is 1. The number of aromatic nitrogens is 2. The normalized spacial score (nSPS) is 20.2. The van der Waals surface area contributed by atoms with Crippen molar-refractivity contribution in [1.82, 2.24) is 9.78 Å². The van der Waals surface area contributed by atoms with E-state index in [4.69, 9.17) is 0 Å². The minimum atomic E-state index is -0.232. The van der Waals surface area contributed by atoms with E-state index in [2.05, 4.69) is 12.0 Å². The Balaban J connectivity index is 2.29. The van der Waals surface area contributed by atoms with Crippen LogP contribution in [-0.2, 0) is 5.54 Å². The monoisotopic (exact) mass is 154 g/mol. The first kappa shape index (κ1) is 6.83. The van der Waals surface area contributed by atoms with E-state index in [0.29, 0.717) is 0 Å². The Kier molecular flexibility index (Phi) is 1.28. The van der Waals surface area contributed by atoms with Gasteiger partial charge in [-0.2, -0.15) is 5.10 Å². The van der Waals surface area contributed by atoms with Crippen LogP contribution in [0.15, 0.2) is 12.4 Å². The maximum absolute atomic E-state index is 12.5. The second kappa shape index (κ2) is 2.06. The van der Waals surface area contributed by atoms with Gasteiger partial charge in [0.15, 0.2) is 5.82 Å². The van der Waals surface area contributed by atoms with Gasteiger partial charge in [0, 0.05) is 0 Å². The van der Waals surface area contributed by atoms with Crippen LogP contribution in [0.2, 0.25) is 0 Å². The van der Waals surface area contributed by atoms with Gasteiger partial charge in [-0.15, -0.1) is 0 Å². The molecule has 0 saturated heterocycles. The first-order valence-electron chi connectivity index (χ1n) is 3.97. The fourth-order valence-corrected chi connectivity index (χ4v) is 1.45. The zero-order valence-electron chi connectivity index (χ0n) is 6.55. The van der Waals surface area contributed by atoms with Gasteiger partial charge in [-0.05, 0) is 19.3 Å². The zero-order chi connectivity index (χ0) is 7.90. The first-order chi connectivity index (χ1) is 5.27. The largest absolute Gasteiger partial charge is 0.264 e. The molecule has 1 aromatic rings. The number of nitrogens with zero attached hydrogens (tertiary/aromatic N) is 2. The van der Waals surface area contributed by atoms with Gasteiger partial charge in [0.2, 0.25) is 0 Å². The van der Waals surface area contributed by atoms with E-state index in [9.17, 15) is 4.39 Å². The molecule has 1 heterocycles. The van der Waals surface area contributed by atoms with Crippen molar-refractivity contribution in [2.75, 3.05) is 0 Å². The predicted molar refractivity (Wildman–Crippen MR) is 39.7 cm³/mol. The quantitative estimate of drug-likeness (QED) is 0.636. The van der Waals surface area contributed by atoms with Crippen molar-refractivity contribution in [2.24, 2.45) is 0 Å². The molecular formula is C8H11FN2. The van der Waals surface area contributed by atoms with Crippen LogP contribution in [0, 0.1) is 5.82 Å². The van der Waals surface area contributed by atoms with Gasteiger partial charge in [-0.3, -0.25) is 4.68 Å². The molecule has 0 spiro atoms. The molecule has 11 heavy (non-hydrogen) atoms. The molecule has 3 heteroatoms. The fraction of sp³-hybridized carbons (Fsp3) is 0.625. The molecule has 1 aromatic heterocycles. The van der Waals surface area contributed by atoms with Gasteiger partial charge in [0.25, 0.3) is 0 Å². The minimum absolute atomic E-state index is 0.171. The van der Waals surface area contributed by atoms with Crippen molar-refractivity contribution >= 4 is 0 Å². The van der Waals surface area contributed by atoms with Gasteiger partial charge in [-0.25, -0.2) is 4.39 Å². The van der Waals surface area contributed by atoms with Gasteiger partial charge >= 0.3 is 0 Å². The van der Waals surface area contributed by atoms with Crippen molar-refractivity contribution in [3.8, 4) is 0 Å². The Hall–Kier alpha value is -0.860. The van der Waals surface area contributed by atoms with E-state index in [1.165, 1.54) is 12.4 Å². The minimum Gasteiger partial charge on any atom is -0.264 e. The summed E-state index contributed by atoms with van der Waals surface area (Å²) in [5.41, 5.74) is 0.171. The Morgan fingerprint density at radius 1 is 1.73 bits per heavy atom. The molecule has 60 valence electrons. The summed E-state index contributed by atoms with van der Waals surface area (Å²) in [7, 11) is 0. The Labute approximate surface area is 65.0 Å². The summed E-state index contributed by atoms with van der Waals surface area (Å²) in [5.74, 6) is -0.232. The van der Waals surface area contributed by atoms with Crippen LogP contribution in [0.4, 0.5) is 4.39 Å². The highest BCUT2D eigenvalue weighted by atomic mass is 19.1. The molecule has 0 aliphatic heterocycles. The average molecular weight is 154 g/mol. The second-order valence-corrected chi connectivity index (χ2v) is 3.18. The lowest BCUT2D eigenvalue weighted by Gasteiger charge is -2.11. The van der Waals surface area contributed by atoms with Crippen LogP contribution in [0.1, 0.15) is 26.2 Å². The van der Waals surface area contributed by atoms with E-state index in [1.54, 1.807) is 4.68 Å². The lowest BCUT2D eigenvalue weighted by molar-refractivity contribution is 0.416. The van der Waals surface area contributed by atoms with Crippen molar-refractivity contribution in [1.29, 1.82) is 0 Å². The van der Waals surface area contributed by atoms with Gasteiger partial charge in [-0.1, -0.05) is 6.92 Å². The fourth-order valence-electron chi connectivity index (χ4n) is 1.45. The zero-order valence-corrected chi connectivity index (χ0v) is 6.55. The van der Waals surface area contributed by atoms with Crippen LogP contribution >= 0.6 is 0 Å². The Morgan fingerprint density at radius 2 is 2.45 bits per heavy atom. The van der Waals surface area contributed by atoms with E-state index in [1.807, 2.05) is 0 Å². The van der Waals surface area contributed by atoms with E-state index >= 15 is 0 Å². The van der Waals surface area contributed by atoms with Crippen molar-refractivity contribution in [2.45, 2.75) is 31.7 Å². The molecule has 1 aliphatic carbocycles.